The Morgan fingerprint density at radius 3 is 2.52 bits per heavy atom. The molecule has 1 atom stereocenters. The summed E-state index contributed by atoms with van der Waals surface area (Å²) >= 11 is 0. The molecule has 10 heteroatoms. The molecule has 1 aliphatic rings. The summed E-state index contributed by atoms with van der Waals surface area (Å²) in [5, 5.41) is 2.77. The Morgan fingerprint density at radius 1 is 1.21 bits per heavy atom. The van der Waals surface area contributed by atoms with Crippen LogP contribution in [0.3, 0.4) is 0 Å². The molecule has 0 saturated carbocycles. The number of nitrogens with one attached hydrogen (secondary N) is 1. The zero-order valence-corrected chi connectivity index (χ0v) is 17.7. The summed E-state index contributed by atoms with van der Waals surface area (Å²) in [4.78, 5) is 22.7. The summed E-state index contributed by atoms with van der Waals surface area (Å²) in [6.07, 6.45) is 3.94. The van der Waals surface area contributed by atoms with E-state index >= 15 is 0 Å². The van der Waals surface area contributed by atoms with Crippen LogP contribution in [0.1, 0.15) is 25.3 Å². The van der Waals surface area contributed by atoms with E-state index < -0.39 is 16.0 Å². The zero-order chi connectivity index (χ0) is 21.6. The summed E-state index contributed by atoms with van der Waals surface area (Å²) < 4.78 is 43.3. The van der Waals surface area contributed by atoms with Gasteiger partial charge < -0.3 is 19.5 Å². The molecule has 1 aliphatic heterocycles. The third-order valence-electron chi connectivity index (χ3n) is 4.49. The minimum Gasteiger partial charge on any atom is -0.493 e. The van der Waals surface area contributed by atoms with Crippen molar-refractivity contribution in [2.24, 2.45) is 0 Å². The van der Waals surface area contributed by atoms with Gasteiger partial charge in [-0.2, -0.15) is 4.31 Å². The van der Waals surface area contributed by atoms with E-state index in [0.29, 0.717) is 24.9 Å². The number of piperidine rings is 1. The Labute approximate surface area is 170 Å². The molecule has 0 spiro atoms. The summed E-state index contributed by atoms with van der Waals surface area (Å²) in [6.45, 7) is 1.89. The van der Waals surface area contributed by atoms with Gasteiger partial charge in [-0.05, 0) is 36.6 Å². The van der Waals surface area contributed by atoms with E-state index in [2.05, 4.69) is 10.1 Å². The van der Waals surface area contributed by atoms with E-state index in [1.165, 1.54) is 50.8 Å². The van der Waals surface area contributed by atoms with Crippen LogP contribution >= 0.6 is 0 Å². The quantitative estimate of drug-likeness (QED) is 0.515. The fourth-order valence-electron chi connectivity index (χ4n) is 3.17. The van der Waals surface area contributed by atoms with Crippen LogP contribution in [0.15, 0.2) is 23.1 Å². The molecule has 0 radical (unpaired) electrons. The number of hydrogen-bond donors (Lipinski definition) is 1. The number of ether oxygens (including phenoxy) is 3. The molecule has 0 aromatic heterocycles. The molecular formula is C19H26N2O7S. The molecule has 0 bridgehead atoms. The van der Waals surface area contributed by atoms with Crippen LogP contribution in [0, 0.1) is 0 Å². The molecule has 2 rings (SSSR count). The standard InChI is InChI=1S/C19H26N2O7S/c1-13(22)20-15-6-5-9-21(12-15)29(24,25)17-11-14(7-8-18(23)27-3)10-16(26-2)19(17)28-4/h7-8,10-11,15H,5-6,9,12H2,1-4H3,(H,20,22)/b8-7+. The highest BCUT2D eigenvalue weighted by molar-refractivity contribution is 7.89. The molecule has 9 nitrogen and oxygen atoms in total. The molecule has 1 unspecified atom stereocenters. The number of carbonyl (C=O) groups excluding carboxylic acids is 2. The Hall–Kier alpha value is -2.59. The third kappa shape index (κ3) is 5.48. The molecule has 1 saturated heterocycles. The highest BCUT2D eigenvalue weighted by atomic mass is 32.2. The molecular weight excluding hydrogens is 400 g/mol. The number of esters is 1. The van der Waals surface area contributed by atoms with Crippen molar-refractivity contribution in [1.29, 1.82) is 0 Å². The first-order chi connectivity index (χ1) is 13.7. The topological polar surface area (TPSA) is 111 Å². The van der Waals surface area contributed by atoms with Gasteiger partial charge in [-0.25, -0.2) is 13.2 Å². The predicted octanol–water partition coefficient (Wildman–Crippen LogP) is 1.18. The van der Waals surface area contributed by atoms with Crippen LogP contribution in [0.2, 0.25) is 0 Å². The van der Waals surface area contributed by atoms with E-state index in [1.807, 2.05) is 0 Å². The second-order valence-electron chi connectivity index (χ2n) is 6.51. The zero-order valence-electron chi connectivity index (χ0n) is 16.9. The minimum atomic E-state index is -3.95. The maximum Gasteiger partial charge on any atom is 0.330 e. The van der Waals surface area contributed by atoms with Crippen molar-refractivity contribution in [3.8, 4) is 11.5 Å². The smallest absolute Gasteiger partial charge is 0.330 e. The van der Waals surface area contributed by atoms with Gasteiger partial charge in [0.2, 0.25) is 15.9 Å². The lowest BCUT2D eigenvalue weighted by molar-refractivity contribution is -0.134. The van der Waals surface area contributed by atoms with Gasteiger partial charge in [0.1, 0.15) is 4.90 Å². The number of rotatable bonds is 7. The van der Waals surface area contributed by atoms with Gasteiger partial charge in [0, 0.05) is 32.1 Å². The summed E-state index contributed by atoms with van der Waals surface area (Å²) in [5.74, 6) is -0.486. The van der Waals surface area contributed by atoms with Gasteiger partial charge in [-0.1, -0.05) is 0 Å². The Balaban J connectivity index is 2.47. The molecule has 1 heterocycles. The fourth-order valence-corrected chi connectivity index (χ4v) is 4.90. The van der Waals surface area contributed by atoms with E-state index in [9.17, 15) is 18.0 Å². The number of hydrogen-bond acceptors (Lipinski definition) is 7. The lowest BCUT2D eigenvalue weighted by Gasteiger charge is -2.32. The lowest BCUT2D eigenvalue weighted by atomic mass is 10.1. The van der Waals surface area contributed by atoms with Crippen molar-refractivity contribution in [1.82, 2.24) is 9.62 Å². The maximum absolute atomic E-state index is 13.4. The van der Waals surface area contributed by atoms with E-state index in [-0.39, 0.29) is 34.9 Å². The van der Waals surface area contributed by atoms with E-state index in [1.54, 1.807) is 6.07 Å². The molecule has 1 aromatic carbocycles. The number of methoxy groups -OCH3 is 3. The molecule has 29 heavy (non-hydrogen) atoms. The number of amides is 1. The largest absolute Gasteiger partial charge is 0.493 e. The molecule has 0 aliphatic carbocycles. The average molecular weight is 426 g/mol. The Bertz CT molecular complexity index is 896. The normalized spacial score (nSPS) is 17.7. The Morgan fingerprint density at radius 2 is 1.93 bits per heavy atom. The van der Waals surface area contributed by atoms with Crippen molar-refractivity contribution in [2.75, 3.05) is 34.4 Å². The first-order valence-electron chi connectivity index (χ1n) is 9.02. The highest BCUT2D eigenvalue weighted by Crippen LogP contribution is 2.38. The van der Waals surface area contributed by atoms with Crippen molar-refractivity contribution in [3.05, 3.63) is 23.8 Å². The van der Waals surface area contributed by atoms with Crippen LogP contribution in [-0.4, -0.2) is 65.1 Å². The van der Waals surface area contributed by atoms with E-state index in [0.717, 1.165) is 0 Å². The van der Waals surface area contributed by atoms with Crippen molar-refractivity contribution in [3.63, 3.8) is 0 Å². The van der Waals surface area contributed by atoms with Crippen molar-refractivity contribution in [2.45, 2.75) is 30.7 Å². The third-order valence-corrected chi connectivity index (χ3v) is 6.36. The van der Waals surface area contributed by atoms with E-state index in [4.69, 9.17) is 9.47 Å². The van der Waals surface area contributed by atoms with Crippen LogP contribution < -0.4 is 14.8 Å². The first-order valence-corrected chi connectivity index (χ1v) is 10.5. The average Bonchev–Trinajstić information content (AvgIpc) is 2.70. The molecule has 160 valence electrons. The van der Waals surface area contributed by atoms with Gasteiger partial charge in [0.15, 0.2) is 11.5 Å². The number of benzene rings is 1. The fraction of sp³-hybridized carbons (Fsp3) is 0.474. The summed E-state index contributed by atoms with van der Waals surface area (Å²) in [5.41, 5.74) is 0.432. The molecule has 1 N–H and O–H groups in total. The summed E-state index contributed by atoms with van der Waals surface area (Å²) in [7, 11) is 0.0601. The Kier molecular flexibility index (Phi) is 7.63. The van der Waals surface area contributed by atoms with Gasteiger partial charge in [0.25, 0.3) is 0 Å². The molecule has 1 amide bonds. The van der Waals surface area contributed by atoms with Gasteiger partial charge in [-0.15, -0.1) is 0 Å². The van der Waals surface area contributed by atoms with Gasteiger partial charge in [-0.3, -0.25) is 4.79 Å². The lowest BCUT2D eigenvalue weighted by Crippen LogP contribution is -2.49. The second-order valence-corrected chi connectivity index (χ2v) is 8.42. The predicted molar refractivity (Wildman–Crippen MR) is 106 cm³/mol. The van der Waals surface area contributed by atoms with Crippen LogP contribution in [0.25, 0.3) is 6.08 Å². The van der Waals surface area contributed by atoms with Gasteiger partial charge >= 0.3 is 5.97 Å². The first kappa shape index (κ1) is 22.7. The van der Waals surface area contributed by atoms with Crippen LogP contribution in [0.4, 0.5) is 0 Å². The minimum absolute atomic E-state index is 0.0735. The van der Waals surface area contributed by atoms with Crippen LogP contribution in [0.5, 0.6) is 11.5 Å². The number of carbonyl (C=O) groups is 2. The SMILES string of the molecule is COC(=O)/C=C/c1cc(OC)c(OC)c(S(=O)(=O)N2CCCC(NC(C)=O)C2)c1. The molecule has 1 aromatic rings. The maximum atomic E-state index is 13.4. The second kappa shape index (κ2) is 9.75. The van der Waals surface area contributed by atoms with Gasteiger partial charge in [0.05, 0.1) is 21.3 Å². The monoisotopic (exact) mass is 426 g/mol. The highest BCUT2D eigenvalue weighted by Gasteiger charge is 2.34. The number of nitrogens with zero attached hydrogens (tertiary/aromatic N) is 1. The van der Waals surface area contributed by atoms with Crippen LogP contribution in [-0.2, 0) is 24.3 Å². The van der Waals surface area contributed by atoms with Crippen molar-refractivity contribution >= 4 is 28.0 Å². The number of sulfonamides is 1. The summed E-state index contributed by atoms with van der Waals surface area (Å²) in [6, 6.07) is 2.72. The van der Waals surface area contributed by atoms with Crippen molar-refractivity contribution < 1.29 is 32.2 Å². The molecule has 1 fully saturated rings.